The maximum absolute atomic E-state index is 12.0. The summed E-state index contributed by atoms with van der Waals surface area (Å²) in [5, 5.41) is 9.19. The zero-order valence-corrected chi connectivity index (χ0v) is 10.6. The topological polar surface area (TPSA) is 77.9 Å². The fourth-order valence-electron chi connectivity index (χ4n) is 1.88. The molecule has 1 heterocycles. The third kappa shape index (κ3) is 2.07. The van der Waals surface area contributed by atoms with E-state index in [-0.39, 0.29) is 6.54 Å². The van der Waals surface area contributed by atoms with Crippen LogP contribution < -0.4 is 0 Å². The molecule has 16 heavy (non-hydrogen) atoms. The van der Waals surface area contributed by atoms with Gasteiger partial charge in [-0.3, -0.25) is 4.79 Å². The van der Waals surface area contributed by atoms with Gasteiger partial charge in [-0.2, -0.15) is 17.0 Å². The Labute approximate surface area is 96.0 Å². The second-order valence-electron chi connectivity index (χ2n) is 4.40. The monoisotopic (exact) mass is 250 g/mol. The van der Waals surface area contributed by atoms with E-state index in [4.69, 9.17) is 0 Å². The second-order valence-corrected chi connectivity index (χ2v) is 6.47. The molecule has 0 spiro atoms. The van der Waals surface area contributed by atoms with Crippen LogP contribution >= 0.6 is 0 Å². The molecule has 1 aliphatic heterocycles. The molecular formula is C9H18N2O4S. The van der Waals surface area contributed by atoms with E-state index in [1.807, 2.05) is 0 Å². The highest BCUT2D eigenvalue weighted by atomic mass is 32.2. The van der Waals surface area contributed by atoms with Gasteiger partial charge in [-0.25, -0.2) is 0 Å². The van der Waals surface area contributed by atoms with Crippen molar-refractivity contribution in [3.05, 3.63) is 0 Å². The van der Waals surface area contributed by atoms with E-state index in [1.165, 1.54) is 21.0 Å². The van der Waals surface area contributed by atoms with Gasteiger partial charge in [0, 0.05) is 20.6 Å². The number of carbonyl (C=O) groups is 1. The third-order valence-electron chi connectivity index (χ3n) is 3.03. The van der Waals surface area contributed by atoms with Gasteiger partial charge >= 0.3 is 5.97 Å². The van der Waals surface area contributed by atoms with Gasteiger partial charge < -0.3 is 5.11 Å². The van der Waals surface area contributed by atoms with Gasteiger partial charge in [0.15, 0.2) is 0 Å². The zero-order chi connectivity index (χ0) is 12.6. The molecule has 1 unspecified atom stereocenters. The molecule has 6 nitrogen and oxygen atoms in total. The van der Waals surface area contributed by atoms with Crippen LogP contribution in [0.3, 0.4) is 0 Å². The molecule has 0 saturated carbocycles. The van der Waals surface area contributed by atoms with Crippen LogP contribution in [-0.4, -0.2) is 54.3 Å². The number of nitrogens with zero attached hydrogens (tertiary/aromatic N) is 2. The van der Waals surface area contributed by atoms with Crippen LogP contribution in [0.5, 0.6) is 0 Å². The highest BCUT2D eigenvalue weighted by Gasteiger charge is 2.48. The Balaban J connectivity index is 3.14. The van der Waals surface area contributed by atoms with Crippen LogP contribution in [0.2, 0.25) is 0 Å². The number of hydrogen-bond donors (Lipinski definition) is 1. The molecule has 0 amide bonds. The minimum atomic E-state index is -3.67. The first-order valence-electron chi connectivity index (χ1n) is 5.16. The maximum atomic E-state index is 12.0. The zero-order valence-electron chi connectivity index (χ0n) is 9.80. The lowest BCUT2D eigenvalue weighted by Crippen LogP contribution is -2.59. The molecule has 0 aliphatic carbocycles. The largest absolute Gasteiger partial charge is 0.480 e. The van der Waals surface area contributed by atoms with Crippen LogP contribution in [0.1, 0.15) is 26.2 Å². The fourth-order valence-corrected chi connectivity index (χ4v) is 3.31. The fraction of sp³-hybridized carbons (Fsp3) is 0.889. The van der Waals surface area contributed by atoms with Gasteiger partial charge in [0.2, 0.25) is 0 Å². The van der Waals surface area contributed by atoms with E-state index in [9.17, 15) is 18.3 Å². The van der Waals surface area contributed by atoms with Crippen molar-refractivity contribution in [3.8, 4) is 0 Å². The summed E-state index contributed by atoms with van der Waals surface area (Å²) in [5.41, 5.74) is -1.32. The molecule has 7 heteroatoms. The van der Waals surface area contributed by atoms with Crippen molar-refractivity contribution in [1.29, 1.82) is 0 Å². The summed E-state index contributed by atoms with van der Waals surface area (Å²) in [6.07, 6.45) is 1.80. The average Bonchev–Trinajstić information content (AvgIpc) is 2.17. The Morgan fingerprint density at radius 1 is 1.38 bits per heavy atom. The Bertz CT molecular complexity index is 379. The van der Waals surface area contributed by atoms with Crippen molar-refractivity contribution in [3.63, 3.8) is 0 Å². The number of rotatable bonds is 3. The van der Waals surface area contributed by atoms with E-state index >= 15 is 0 Å². The standard InChI is InChI=1S/C9H18N2O4S/c1-9(8(12)13)6-4-5-7-11(9)16(14,15)10(2)3/h4-7H2,1-3H3,(H,12,13). The van der Waals surface area contributed by atoms with Crippen molar-refractivity contribution in [1.82, 2.24) is 8.61 Å². The molecule has 1 N–H and O–H groups in total. The molecule has 94 valence electrons. The minimum Gasteiger partial charge on any atom is -0.480 e. The van der Waals surface area contributed by atoms with Gasteiger partial charge in [0.25, 0.3) is 10.2 Å². The van der Waals surface area contributed by atoms with Crippen molar-refractivity contribution in [2.24, 2.45) is 0 Å². The van der Waals surface area contributed by atoms with E-state index in [2.05, 4.69) is 0 Å². The molecule has 1 fully saturated rings. The van der Waals surface area contributed by atoms with Crippen LogP contribution in [0.15, 0.2) is 0 Å². The molecule has 0 aromatic carbocycles. The molecule has 0 aromatic rings. The summed E-state index contributed by atoms with van der Waals surface area (Å²) in [6.45, 7) is 1.73. The Kier molecular flexibility index (Phi) is 3.61. The molecule has 0 bridgehead atoms. The van der Waals surface area contributed by atoms with Crippen LogP contribution in [-0.2, 0) is 15.0 Å². The molecule has 1 saturated heterocycles. The predicted molar refractivity (Wildman–Crippen MR) is 59.2 cm³/mol. The van der Waals surface area contributed by atoms with Crippen molar-refractivity contribution < 1.29 is 18.3 Å². The number of carboxylic acids is 1. The third-order valence-corrected chi connectivity index (χ3v) is 5.09. The smallest absolute Gasteiger partial charge is 0.324 e. The lowest BCUT2D eigenvalue weighted by Gasteiger charge is -2.41. The molecular weight excluding hydrogens is 232 g/mol. The van der Waals surface area contributed by atoms with E-state index in [1.54, 1.807) is 0 Å². The average molecular weight is 250 g/mol. The van der Waals surface area contributed by atoms with Crippen molar-refractivity contribution in [2.75, 3.05) is 20.6 Å². The van der Waals surface area contributed by atoms with Gasteiger partial charge in [-0.05, 0) is 26.2 Å². The Hall–Kier alpha value is -0.660. The summed E-state index contributed by atoms with van der Waals surface area (Å²) >= 11 is 0. The number of hydrogen-bond acceptors (Lipinski definition) is 3. The predicted octanol–water partition coefficient (Wildman–Crippen LogP) is 0.122. The Morgan fingerprint density at radius 3 is 2.38 bits per heavy atom. The number of piperidine rings is 1. The summed E-state index contributed by atoms with van der Waals surface area (Å²) in [4.78, 5) is 11.2. The summed E-state index contributed by atoms with van der Waals surface area (Å²) in [7, 11) is -0.849. The SMILES string of the molecule is CN(C)S(=O)(=O)N1CCCCC1(C)C(=O)O. The molecule has 1 rings (SSSR count). The highest BCUT2D eigenvalue weighted by Crippen LogP contribution is 2.31. The quantitative estimate of drug-likeness (QED) is 0.772. The first-order chi connectivity index (χ1) is 7.23. The normalized spacial score (nSPS) is 28.2. The summed E-state index contributed by atoms with van der Waals surface area (Å²) in [5.74, 6) is -1.09. The van der Waals surface area contributed by atoms with Crippen LogP contribution in [0, 0.1) is 0 Å². The van der Waals surface area contributed by atoms with E-state index in [0.717, 1.165) is 15.0 Å². The van der Waals surface area contributed by atoms with E-state index in [0.29, 0.717) is 12.8 Å². The molecule has 1 aliphatic rings. The van der Waals surface area contributed by atoms with Crippen LogP contribution in [0.4, 0.5) is 0 Å². The van der Waals surface area contributed by atoms with Crippen molar-refractivity contribution in [2.45, 2.75) is 31.7 Å². The van der Waals surface area contributed by atoms with Crippen molar-refractivity contribution >= 4 is 16.2 Å². The first-order valence-corrected chi connectivity index (χ1v) is 6.56. The number of carboxylic acid groups (broad SMARTS) is 1. The van der Waals surface area contributed by atoms with E-state index < -0.39 is 21.7 Å². The first kappa shape index (κ1) is 13.4. The molecule has 1 atom stereocenters. The molecule has 0 radical (unpaired) electrons. The Morgan fingerprint density at radius 2 is 1.94 bits per heavy atom. The van der Waals surface area contributed by atoms with Gasteiger partial charge in [-0.15, -0.1) is 0 Å². The maximum Gasteiger partial charge on any atom is 0.324 e. The summed E-state index contributed by atoms with van der Waals surface area (Å²) < 4.78 is 26.1. The lowest BCUT2D eigenvalue weighted by atomic mass is 9.91. The molecule has 0 aromatic heterocycles. The van der Waals surface area contributed by atoms with Gasteiger partial charge in [0.05, 0.1) is 0 Å². The minimum absolute atomic E-state index is 0.267. The number of aliphatic carboxylic acids is 1. The van der Waals surface area contributed by atoms with Gasteiger partial charge in [-0.1, -0.05) is 0 Å². The lowest BCUT2D eigenvalue weighted by molar-refractivity contribution is -0.149. The highest BCUT2D eigenvalue weighted by molar-refractivity contribution is 7.86. The second kappa shape index (κ2) is 4.31. The van der Waals surface area contributed by atoms with Crippen LogP contribution in [0.25, 0.3) is 0 Å². The summed E-state index contributed by atoms with van der Waals surface area (Å²) in [6, 6.07) is 0. The van der Waals surface area contributed by atoms with Gasteiger partial charge in [0.1, 0.15) is 5.54 Å².